The van der Waals surface area contributed by atoms with Gasteiger partial charge in [0, 0.05) is 12.8 Å². The first-order valence-electron chi connectivity index (χ1n) is 25.9. The number of esters is 2. The van der Waals surface area contributed by atoms with Crippen LogP contribution in [0.3, 0.4) is 0 Å². The van der Waals surface area contributed by atoms with Crippen LogP contribution in [0.5, 0.6) is 0 Å². The Bertz CT molecular complexity index is 1420. The van der Waals surface area contributed by atoms with E-state index in [0.29, 0.717) is 12.8 Å². The van der Waals surface area contributed by atoms with Crippen molar-refractivity contribution < 1.29 is 73.8 Å². The second-order valence-electron chi connectivity index (χ2n) is 18.0. The molecule has 11 unspecified atom stereocenters. The van der Waals surface area contributed by atoms with E-state index in [0.717, 1.165) is 89.9 Å². The summed E-state index contributed by atoms with van der Waals surface area (Å²) in [5, 5.41) is 72.1. The molecular formula is C53H90O15. The molecule has 2 aliphatic rings. The van der Waals surface area contributed by atoms with Gasteiger partial charge in [-0.15, -0.1) is 0 Å². The molecule has 2 rings (SSSR count). The van der Waals surface area contributed by atoms with Crippen LogP contribution >= 0.6 is 0 Å². The molecule has 392 valence electrons. The first kappa shape index (κ1) is 61.3. The number of aliphatic hydroxyl groups is 7. The molecule has 0 bridgehead atoms. The van der Waals surface area contributed by atoms with Crippen LogP contribution in [0.15, 0.2) is 60.8 Å². The highest BCUT2D eigenvalue weighted by atomic mass is 16.7. The number of allylic oxidation sites excluding steroid dienone is 10. The standard InChI is InChI=1S/C53H90O15/c1-3-5-7-9-11-13-15-17-19-20-22-23-25-27-29-31-33-35-44(55)63-38-41(66-45(56)36-34-32-30-28-26-24-21-18-16-14-12-10-8-6-4-2)39-64-52-51(62)49(60)47(58)43(68-52)40-65-53-50(61)48(59)46(57)42(37-54)67-53/h6,8,11-14,17-19,21,41-43,46-54,57-62H,3-5,7,9-10,15-16,20,22-40H2,1-2H3/b8-6-,13-11-,14-12-,19-17-,21-18-. The molecule has 15 nitrogen and oxygen atoms in total. The number of carbonyl (C=O) groups excluding carboxylic acids is 2. The van der Waals surface area contributed by atoms with E-state index >= 15 is 0 Å². The third-order valence-corrected chi connectivity index (χ3v) is 12.0. The Hall–Kier alpha value is -2.80. The van der Waals surface area contributed by atoms with Gasteiger partial charge in [-0.1, -0.05) is 139 Å². The summed E-state index contributed by atoms with van der Waals surface area (Å²) < 4.78 is 33.6. The molecule has 0 aromatic heterocycles. The van der Waals surface area contributed by atoms with Crippen LogP contribution < -0.4 is 0 Å². The van der Waals surface area contributed by atoms with Crippen molar-refractivity contribution in [1.29, 1.82) is 0 Å². The number of unbranched alkanes of at least 4 members (excludes halogenated alkanes) is 15. The smallest absolute Gasteiger partial charge is 0.306 e. The van der Waals surface area contributed by atoms with Crippen molar-refractivity contribution in [3.8, 4) is 0 Å². The Labute approximate surface area is 407 Å². The van der Waals surface area contributed by atoms with Crippen molar-refractivity contribution in [1.82, 2.24) is 0 Å². The van der Waals surface area contributed by atoms with Gasteiger partial charge < -0.3 is 64.2 Å². The van der Waals surface area contributed by atoms with E-state index in [-0.39, 0.29) is 19.4 Å². The quantitative estimate of drug-likeness (QED) is 0.0183. The third kappa shape index (κ3) is 27.6. The fraction of sp³-hybridized carbons (Fsp3) is 0.774. The van der Waals surface area contributed by atoms with Crippen LogP contribution in [-0.4, -0.2) is 142 Å². The third-order valence-electron chi connectivity index (χ3n) is 12.0. The lowest BCUT2D eigenvalue weighted by Crippen LogP contribution is -2.61. The first-order valence-corrected chi connectivity index (χ1v) is 25.9. The maximum Gasteiger partial charge on any atom is 0.306 e. The van der Waals surface area contributed by atoms with Crippen molar-refractivity contribution in [3.63, 3.8) is 0 Å². The molecule has 0 aliphatic carbocycles. The molecule has 0 aromatic carbocycles. The van der Waals surface area contributed by atoms with E-state index in [2.05, 4.69) is 74.6 Å². The van der Waals surface area contributed by atoms with Crippen LogP contribution in [0.2, 0.25) is 0 Å². The second kappa shape index (κ2) is 39.9. The van der Waals surface area contributed by atoms with Gasteiger partial charge in [0.1, 0.15) is 55.4 Å². The van der Waals surface area contributed by atoms with Crippen molar-refractivity contribution in [2.45, 2.75) is 235 Å². The molecule has 2 fully saturated rings. The molecule has 0 aromatic rings. The number of hydrogen-bond acceptors (Lipinski definition) is 15. The lowest BCUT2D eigenvalue weighted by Gasteiger charge is -2.42. The minimum absolute atomic E-state index is 0.141. The summed E-state index contributed by atoms with van der Waals surface area (Å²) in [6, 6.07) is 0. The zero-order valence-corrected chi connectivity index (χ0v) is 41.3. The minimum atomic E-state index is -1.77. The van der Waals surface area contributed by atoms with Gasteiger partial charge >= 0.3 is 11.9 Å². The maximum atomic E-state index is 13.0. The van der Waals surface area contributed by atoms with Gasteiger partial charge in [-0.05, 0) is 77.0 Å². The number of aliphatic hydroxyl groups excluding tert-OH is 7. The Balaban J connectivity index is 1.82. The van der Waals surface area contributed by atoms with Gasteiger partial charge in [-0.2, -0.15) is 0 Å². The van der Waals surface area contributed by atoms with Crippen LogP contribution in [0, 0.1) is 0 Å². The average Bonchev–Trinajstić information content (AvgIpc) is 3.33. The van der Waals surface area contributed by atoms with E-state index in [4.69, 9.17) is 28.4 Å². The SMILES string of the molecule is CC/C=C\C/C=C\C/C=C\CCCCCCCC(=O)OC(COC(=O)CCCCCCCCC/C=C\C/C=C\CCCCC)COC1OC(COC2OC(CO)C(O)C(O)C2O)C(O)C(O)C1O. The summed E-state index contributed by atoms with van der Waals surface area (Å²) >= 11 is 0. The molecule has 0 amide bonds. The zero-order chi connectivity index (χ0) is 49.6. The van der Waals surface area contributed by atoms with Crippen molar-refractivity contribution >= 4 is 11.9 Å². The Morgan fingerprint density at radius 3 is 1.46 bits per heavy atom. The summed E-state index contributed by atoms with van der Waals surface area (Å²) in [6.45, 7) is 2.42. The summed E-state index contributed by atoms with van der Waals surface area (Å²) in [5.41, 5.74) is 0. The topological polar surface area (TPSA) is 231 Å². The summed E-state index contributed by atoms with van der Waals surface area (Å²) in [6.07, 6.45) is 28.1. The molecule has 2 saturated heterocycles. The number of ether oxygens (including phenoxy) is 6. The van der Waals surface area contributed by atoms with E-state index in [9.17, 15) is 45.3 Å². The van der Waals surface area contributed by atoms with Crippen LogP contribution in [0.1, 0.15) is 168 Å². The maximum absolute atomic E-state index is 13.0. The lowest BCUT2D eigenvalue weighted by molar-refractivity contribution is -0.332. The molecule has 0 radical (unpaired) electrons. The molecule has 2 heterocycles. The predicted molar refractivity (Wildman–Crippen MR) is 261 cm³/mol. The van der Waals surface area contributed by atoms with Crippen LogP contribution in [-0.2, 0) is 38.0 Å². The fourth-order valence-electron chi connectivity index (χ4n) is 7.73. The first-order chi connectivity index (χ1) is 33.0. The largest absolute Gasteiger partial charge is 0.462 e. The van der Waals surface area contributed by atoms with Gasteiger partial charge in [-0.25, -0.2) is 0 Å². The molecule has 2 aliphatic heterocycles. The Morgan fingerprint density at radius 1 is 0.485 bits per heavy atom. The molecule has 68 heavy (non-hydrogen) atoms. The average molecular weight is 967 g/mol. The van der Waals surface area contributed by atoms with E-state index in [1.165, 1.54) is 38.5 Å². The van der Waals surface area contributed by atoms with Crippen LogP contribution in [0.4, 0.5) is 0 Å². The van der Waals surface area contributed by atoms with Crippen molar-refractivity contribution in [2.75, 3.05) is 26.4 Å². The van der Waals surface area contributed by atoms with Crippen LogP contribution in [0.25, 0.3) is 0 Å². The number of hydrogen-bond donors (Lipinski definition) is 7. The van der Waals surface area contributed by atoms with Gasteiger partial charge in [0.05, 0.1) is 19.8 Å². The molecular weight excluding hydrogens is 877 g/mol. The van der Waals surface area contributed by atoms with Crippen molar-refractivity contribution in [3.05, 3.63) is 60.8 Å². The monoisotopic (exact) mass is 967 g/mol. The highest BCUT2D eigenvalue weighted by molar-refractivity contribution is 5.70. The van der Waals surface area contributed by atoms with Gasteiger partial charge in [0.25, 0.3) is 0 Å². The molecule has 11 atom stereocenters. The predicted octanol–water partition coefficient (Wildman–Crippen LogP) is 7.27. The van der Waals surface area contributed by atoms with E-state index < -0.39 is 99.3 Å². The van der Waals surface area contributed by atoms with E-state index in [1.54, 1.807) is 0 Å². The molecule has 7 N–H and O–H groups in total. The normalized spacial score (nSPS) is 26.2. The molecule has 0 spiro atoms. The van der Waals surface area contributed by atoms with E-state index in [1.807, 2.05) is 0 Å². The Kier molecular flexibility index (Phi) is 36.0. The summed E-state index contributed by atoms with van der Waals surface area (Å²) in [7, 11) is 0. The van der Waals surface area contributed by atoms with Crippen molar-refractivity contribution in [2.24, 2.45) is 0 Å². The second-order valence-corrected chi connectivity index (χ2v) is 18.0. The summed E-state index contributed by atoms with van der Waals surface area (Å²) in [5.74, 6) is -0.957. The summed E-state index contributed by atoms with van der Waals surface area (Å²) in [4.78, 5) is 25.8. The number of carbonyl (C=O) groups is 2. The van der Waals surface area contributed by atoms with Gasteiger partial charge in [0.2, 0.25) is 0 Å². The van der Waals surface area contributed by atoms with Gasteiger partial charge in [-0.3, -0.25) is 9.59 Å². The fourth-order valence-corrected chi connectivity index (χ4v) is 7.73. The lowest BCUT2D eigenvalue weighted by atomic mass is 9.98. The Morgan fingerprint density at radius 2 is 0.926 bits per heavy atom. The number of rotatable bonds is 39. The molecule has 0 saturated carbocycles. The minimum Gasteiger partial charge on any atom is -0.462 e. The highest BCUT2D eigenvalue weighted by Gasteiger charge is 2.47. The van der Waals surface area contributed by atoms with Gasteiger partial charge in [0.15, 0.2) is 18.7 Å². The molecule has 15 heteroatoms. The zero-order valence-electron chi connectivity index (χ0n) is 41.3. The highest BCUT2D eigenvalue weighted by Crippen LogP contribution is 2.26.